The van der Waals surface area contributed by atoms with Gasteiger partial charge < -0.3 is 20.8 Å². The molecular weight excluding hydrogens is 607 g/mol. The van der Waals surface area contributed by atoms with Crippen LogP contribution in [0.5, 0.6) is 11.5 Å². The van der Waals surface area contributed by atoms with E-state index in [0.717, 1.165) is 55.2 Å². The summed E-state index contributed by atoms with van der Waals surface area (Å²) in [7, 11) is 0. The van der Waals surface area contributed by atoms with Crippen molar-refractivity contribution >= 4 is 44.7 Å². The largest absolute Gasteiger partial charge is 0.507 e. The first-order chi connectivity index (χ1) is 21.1. The average molecular weight is 641 g/mol. The van der Waals surface area contributed by atoms with Crippen molar-refractivity contribution in [1.82, 2.24) is 0 Å². The first-order valence-electron chi connectivity index (χ1n) is 14.3. The van der Waals surface area contributed by atoms with Gasteiger partial charge in [0, 0.05) is 27.9 Å². The molecule has 45 heavy (non-hydrogen) atoms. The monoisotopic (exact) mass is 640 g/mol. The van der Waals surface area contributed by atoms with Crippen LogP contribution in [0, 0.1) is 27.7 Å². The topological polar surface area (TPSA) is 98.7 Å². The Kier molecular flexibility index (Phi) is 10.3. The Morgan fingerprint density at radius 3 is 1.16 bits per heavy atom. The Morgan fingerprint density at radius 2 is 0.822 bits per heavy atom. The third-order valence-corrected chi connectivity index (χ3v) is 7.48. The fourth-order valence-electron chi connectivity index (χ4n) is 5.11. The van der Waals surface area contributed by atoms with E-state index < -0.39 is 0 Å². The van der Waals surface area contributed by atoms with Gasteiger partial charge in [0.1, 0.15) is 11.5 Å². The van der Waals surface area contributed by atoms with E-state index in [0.29, 0.717) is 0 Å². The van der Waals surface area contributed by atoms with Crippen LogP contribution >= 0.6 is 0 Å². The summed E-state index contributed by atoms with van der Waals surface area (Å²) in [6.07, 6.45) is 0. The molecule has 230 valence electrons. The molecule has 0 fully saturated rings. The molecule has 0 aromatic heterocycles. The quantitative estimate of drug-likeness (QED) is 0.145. The molecule has 6 aromatic carbocycles. The van der Waals surface area contributed by atoms with Crippen LogP contribution in [0.2, 0.25) is 0 Å². The van der Waals surface area contributed by atoms with E-state index >= 15 is 0 Å². The second kappa shape index (κ2) is 14.1. The van der Waals surface area contributed by atoms with Crippen LogP contribution in [-0.2, 0) is 16.5 Å². The number of carbonyl (C=O) groups excluding carboxylic acids is 2. The molecule has 0 radical (unpaired) electrons. The van der Waals surface area contributed by atoms with Crippen molar-refractivity contribution < 1.29 is 36.3 Å². The average Bonchev–Trinajstić information content (AvgIpc) is 2.99. The van der Waals surface area contributed by atoms with Crippen LogP contribution in [0.3, 0.4) is 0 Å². The molecule has 0 aliphatic carbocycles. The molecule has 2 amide bonds. The van der Waals surface area contributed by atoms with E-state index in [9.17, 15) is 19.8 Å². The molecule has 0 atom stereocenters. The van der Waals surface area contributed by atoms with Gasteiger partial charge in [-0.1, -0.05) is 83.9 Å². The SMILES string of the molecule is Cc1ccc(NC(=O)c2cc3ccccc3cc2O)c(C)c1.Cc1ccc(NC(=O)c2cc3ccccc3cc2O)c(C)c1.[Ni]. The van der Waals surface area contributed by atoms with Crippen LogP contribution in [0.15, 0.2) is 109 Å². The number of nitrogens with one attached hydrogen (secondary N) is 2. The van der Waals surface area contributed by atoms with Gasteiger partial charge in [0.05, 0.1) is 11.1 Å². The van der Waals surface area contributed by atoms with Crippen molar-refractivity contribution in [2.24, 2.45) is 0 Å². The number of phenolic OH excluding ortho intramolecular Hbond substituents is 2. The van der Waals surface area contributed by atoms with Gasteiger partial charge >= 0.3 is 0 Å². The van der Waals surface area contributed by atoms with Gasteiger partial charge in [0.2, 0.25) is 0 Å². The van der Waals surface area contributed by atoms with E-state index in [2.05, 4.69) is 10.6 Å². The molecule has 0 aliphatic heterocycles. The number of hydrogen-bond acceptors (Lipinski definition) is 4. The van der Waals surface area contributed by atoms with Crippen LogP contribution in [0.25, 0.3) is 21.5 Å². The van der Waals surface area contributed by atoms with Crippen LogP contribution in [-0.4, -0.2) is 22.0 Å². The summed E-state index contributed by atoms with van der Waals surface area (Å²) < 4.78 is 0. The van der Waals surface area contributed by atoms with Gasteiger partial charge in [-0.3, -0.25) is 9.59 Å². The van der Waals surface area contributed by atoms with E-state index in [1.807, 2.05) is 113 Å². The first kappa shape index (κ1) is 32.8. The number of aryl methyl sites for hydroxylation is 4. The molecule has 6 nitrogen and oxygen atoms in total. The number of fused-ring (bicyclic) bond motifs is 2. The van der Waals surface area contributed by atoms with Gasteiger partial charge in [-0.05, 0) is 96.8 Å². The number of rotatable bonds is 4. The molecule has 0 saturated carbocycles. The minimum Gasteiger partial charge on any atom is -0.507 e. The van der Waals surface area contributed by atoms with Gasteiger partial charge in [0.25, 0.3) is 11.8 Å². The summed E-state index contributed by atoms with van der Waals surface area (Å²) in [6, 6.07) is 33.6. The Balaban J connectivity index is 0.000000200. The summed E-state index contributed by atoms with van der Waals surface area (Å²) in [6.45, 7) is 7.91. The van der Waals surface area contributed by atoms with Crippen molar-refractivity contribution in [2.45, 2.75) is 27.7 Å². The number of aromatic hydroxyl groups is 2. The molecule has 0 bridgehead atoms. The van der Waals surface area contributed by atoms with Crippen molar-refractivity contribution in [2.75, 3.05) is 10.6 Å². The normalized spacial score (nSPS) is 10.4. The molecule has 4 N–H and O–H groups in total. The van der Waals surface area contributed by atoms with Gasteiger partial charge in [0.15, 0.2) is 0 Å². The molecule has 0 unspecified atom stereocenters. The molecule has 7 heteroatoms. The maximum atomic E-state index is 12.4. The van der Waals surface area contributed by atoms with E-state index in [1.165, 1.54) is 0 Å². The maximum Gasteiger partial charge on any atom is 0.259 e. The predicted octanol–water partition coefficient (Wildman–Crippen LogP) is 8.83. The summed E-state index contributed by atoms with van der Waals surface area (Å²) in [5.74, 6) is -0.646. The Labute approximate surface area is 272 Å². The Hall–Kier alpha value is -5.13. The van der Waals surface area contributed by atoms with E-state index in [1.54, 1.807) is 24.3 Å². The second-order valence-corrected chi connectivity index (χ2v) is 11.0. The number of anilines is 2. The second-order valence-electron chi connectivity index (χ2n) is 11.0. The van der Waals surface area contributed by atoms with Crippen molar-refractivity contribution in [3.63, 3.8) is 0 Å². The number of amides is 2. The van der Waals surface area contributed by atoms with Crippen LogP contribution in [0.4, 0.5) is 11.4 Å². The minimum absolute atomic E-state index is 0. The molecular formula is C38H34N2NiO4. The molecule has 0 heterocycles. The van der Waals surface area contributed by atoms with E-state index in [4.69, 9.17) is 0 Å². The maximum absolute atomic E-state index is 12.4. The Morgan fingerprint density at radius 1 is 0.489 bits per heavy atom. The number of carbonyl (C=O) groups is 2. The standard InChI is InChI=1S/2C19H17NO2.Ni/c2*1-12-7-8-17(13(2)9-12)20-19(22)16-10-14-5-3-4-6-15(14)11-18(16)21;/h2*3-11,21H,1-2H3,(H,20,22);. The Bertz CT molecular complexity index is 1890. The first-order valence-corrected chi connectivity index (χ1v) is 14.3. The number of hydrogen-bond donors (Lipinski definition) is 4. The van der Waals surface area contributed by atoms with Crippen molar-refractivity contribution in [1.29, 1.82) is 0 Å². The fourth-order valence-corrected chi connectivity index (χ4v) is 5.11. The van der Waals surface area contributed by atoms with Crippen LogP contribution in [0.1, 0.15) is 43.0 Å². The third kappa shape index (κ3) is 7.70. The van der Waals surface area contributed by atoms with E-state index in [-0.39, 0.29) is 50.9 Å². The van der Waals surface area contributed by atoms with Gasteiger partial charge in [-0.25, -0.2) is 0 Å². The molecule has 0 aliphatic rings. The van der Waals surface area contributed by atoms with Crippen molar-refractivity contribution in [3.8, 4) is 11.5 Å². The van der Waals surface area contributed by atoms with Gasteiger partial charge in [-0.2, -0.15) is 0 Å². The smallest absolute Gasteiger partial charge is 0.259 e. The summed E-state index contributed by atoms with van der Waals surface area (Å²) in [5.41, 5.74) is 6.33. The zero-order chi connectivity index (χ0) is 31.4. The van der Waals surface area contributed by atoms with Crippen LogP contribution < -0.4 is 10.6 Å². The number of benzene rings is 6. The summed E-state index contributed by atoms with van der Waals surface area (Å²) >= 11 is 0. The zero-order valence-electron chi connectivity index (χ0n) is 25.4. The van der Waals surface area contributed by atoms with Gasteiger partial charge in [-0.15, -0.1) is 0 Å². The molecule has 0 saturated heterocycles. The minimum atomic E-state index is -0.310. The summed E-state index contributed by atoms with van der Waals surface area (Å²) in [4.78, 5) is 24.9. The molecule has 6 aromatic rings. The predicted molar refractivity (Wildman–Crippen MR) is 179 cm³/mol. The zero-order valence-corrected chi connectivity index (χ0v) is 26.4. The molecule has 6 rings (SSSR count). The fraction of sp³-hybridized carbons (Fsp3) is 0.105. The molecule has 0 spiro atoms. The van der Waals surface area contributed by atoms with Crippen molar-refractivity contribution in [3.05, 3.63) is 143 Å². The number of phenols is 2. The third-order valence-electron chi connectivity index (χ3n) is 7.48. The summed E-state index contributed by atoms with van der Waals surface area (Å²) in [5, 5.41) is 29.6.